The van der Waals surface area contributed by atoms with Crippen LogP contribution in [0.1, 0.15) is 76.2 Å². The minimum absolute atomic E-state index is 0.139. The highest BCUT2D eigenvalue weighted by Gasteiger charge is 2.65. The molecule has 7 nitrogen and oxygen atoms in total. The molecule has 1 aromatic carbocycles. The van der Waals surface area contributed by atoms with E-state index in [4.69, 9.17) is 9.51 Å². The lowest BCUT2D eigenvalue weighted by Crippen LogP contribution is -2.38. The molecule has 2 bridgehead atoms. The molecule has 1 fully saturated rings. The summed E-state index contributed by atoms with van der Waals surface area (Å²) in [4.78, 5) is 14.0. The van der Waals surface area contributed by atoms with Crippen LogP contribution in [0.5, 0.6) is 0 Å². The average Bonchev–Trinajstić information content (AvgIpc) is 3.48. The molecule has 6 rings (SSSR count). The van der Waals surface area contributed by atoms with E-state index in [0.29, 0.717) is 17.4 Å². The van der Waals surface area contributed by atoms with Crippen LogP contribution in [-0.2, 0) is 10.8 Å². The van der Waals surface area contributed by atoms with Crippen molar-refractivity contribution in [3.8, 4) is 22.8 Å². The minimum Gasteiger partial charge on any atom is -0.338 e. The van der Waals surface area contributed by atoms with Crippen LogP contribution in [0.2, 0.25) is 0 Å². The predicted octanol–water partition coefficient (Wildman–Crippen LogP) is 5.76. The zero-order valence-electron chi connectivity index (χ0n) is 20.8. The van der Waals surface area contributed by atoms with Gasteiger partial charge in [-0.05, 0) is 47.9 Å². The zero-order chi connectivity index (χ0) is 25.5. The van der Waals surface area contributed by atoms with Gasteiger partial charge in [0.1, 0.15) is 17.3 Å². The summed E-state index contributed by atoms with van der Waals surface area (Å²) in [6.45, 7) is 10.4. The number of aromatic nitrogens is 6. The Morgan fingerprint density at radius 2 is 1.75 bits per heavy atom. The van der Waals surface area contributed by atoms with Gasteiger partial charge >= 0.3 is 0 Å². The van der Waals surface area contributed by atoms with Crippen LogP contribution in [0.15, 0.2) is 41.2 Å². The standard InChI is InChI=1S/C27H26F2N6O/c1-25(2,3)24-32-23(35-36-24)19-12-30-13-20(31-19)27-10-9-15(26(27,4)5)14-11-18(33-34-22(14)27)21-16(28)7-6-8-17(21)29/h6-8,11-13,15H,9-10H2,1-5H3/t15-,27-/m0/s1. The van der Waals surface area contributed by atoms with Crippen LogP contribution in [0.4, 0.5) is 8.78 Å². The van der Waals surface area contributed by atoms with Crippen molar-refractivity contribution in [2.75, 3.05) is 0 Å². The summed E-state index contributed by atoms with van der Waals surface area (Å²) in [5.41, 5.74) is 1.97. The third kappa shape index (κ3) is 3.01. The molecule has 4 aromatic rings. The monoisotopic (exact) mass is 488 g/mol. The molecule has 0 spiro atoms. The molecule has 2 atom stereocenters. The molecule has 0 amide bonds. The molecule has 0 N–H and O–H groups in total. The summed E-state index contributed by atoms with van der Waals surface area (Å²) >= 11 is 0. The molecule has 3 aromatic heterocycles. The molecule has 0 unspecified atom stereocenters. The summed E-state index contributed by atoms with van der Waals surface area (Å²) in [5.74, 6) is -0.272. The number of hydrogen-bond donors (Lipinski definition) is 0. The van der Waals surface area contributed by atoms with Crippen molar-refractivity contribution in [1.29, 1.82) is 0 Å². The Hall–Kier alpha value is -3.62. The fourth-order valence-corrected chi connectivity index (χ4v) is 6.07. The first-order chi connectivity index (χ1) is 17.0. The molecule has 2 aliphatic rings. The number of rotatable bonds is 3. The van der Waals surface area contributed by atoms with Gasteiger partial charge in [0.2, 0.25) is 11.7 Å². The van der Waals surface area contributed by atoms with E-state index in [2.05, 4.69) is 39.2 Å². The van der Waals surface area contributed by atoms with Crippen molar-refractivity contribution in [1.82, 2.24) is 30.3 Å². The summed E-state index contributed by atoms with van der Waals surface area (Å²) in [7, 11) is 0. The van der Waals surface area contributed by atoms with Gasteiger partial charge in [-0.2, -0.15) is 10.1 Å². The van der Waals surface area contributed by atoms with E-state index in [9.17, 15) is 8.78 Å². The Morgan fingerprint density at radius 3 is 2.44 bits per heavy atom. The average molecular weight is 489 g/mol. The number of fused-ring (bicyclic) bond motifs is 5. The molecule has 184 valence electrons. The Morgan fingerprint density at radius 1 is 1.00 bits per heavy atom. The molecule has 1 saturated carbocycles. The first-order valence-corrected chi connectivity index (χ1v) is 12.0. The smallest absolute Gasteiger partial charge is 0.232 e. The van der Waals surface area contributed by atoms with Crippen molar-refractivity contribution >= 4 is 0 Å². The van der Waals surface area contributed by atoms with Crippen LogP contribution in [0.25, 0.3) is 22.8 Å². The van der Waals surface area contributed by atoms with Crippen LogP contribution >= 0.6 is 0 Å². The van der Waals surface area contributed by atoms with E-state index in [1.54, 1.807) is 18.5 Å². The number of benzene rings is 1. The fourth-order valence-electron chi connectivity index (χ4n) is 6.07. The maximum atomic E-state index is 14.5. The second-order valence-electron chi connectivity index (χ2n) is 11.3. The van der Waals surface area contributed by atoms with Gasteiger partial charge in [0.05, 0.1) is 34.3 Å². The second-order valence-corrected chi connectivity index (χ2v) is 11.3. The third-order valence-corrected chi connectivity index (χ3v) is 7.97. The lowest BCUT2D eigenvalue weighted by molar-refractivity contribution is 0.242. The molecule has 0 aliphatic heterocycles. The molecule has 2 aliphatic carbocycles. The predicted molar refractivity (Wildman–Crippen MR) is 128 cm³/mol. The Labute approximate surface area is 207 Å². The first kappa shape index (κ1) is 22.8. The topological polar surface area (TPSA) is 90.5 Å². The fraction of sp³-hybridized carbons (Fsp3) is 0.407. The SMILES string of the molecule is CC(C)(C)c1nc(-c2cncc([C@@]34CC[C@@H](c5cc(-c6c(F)cccc6F)nnc53)C4(C)C)n2)no1. The molecular formula is C27H26F2N6O. The molecule has 3 heterocycles. The Kier molecular flexibility index (Phi) is 4.72. The van der Waals surface area contributed by atoms with E-state index in [-0.39, 0.29) is 28.0 Å². The molecule has 0 radical (unpaired) electrons. The Bertz CT molecular complexity index is 1490. The lowest BCUT2D eigenvalue weighted by Gasteiger charge is -2.37. The normalized spacial score (nSPS) is 22.1. The van der Waals surface area contributed by atoms with Gasteiger partial charge in [-0.25, -0.2) is 13.8 Å². The summed E-state index contributed by atoms with van der Waals surface area (Å²) in [5, 5.41) is 13.0. The zero-order valence-corrected chi connectivity index (χ0v) is 20.8. The van der Waals surface area contributed by atoms with Gasteiger partial charge in [0.25, 0.3) is 0 Å². The van der Waals surface area contributed by atoms with Gasteiger partial charge in [-0.15, -0.1) is 5.10 Å². The summed E-state index contributed by atoms with van der Waals surface area (Å²) in [6.07, 6.45) is 5.10. The van der Waals surface area contributed by atoms with Crippen molar-refractivity contribution in [2.24, 2.45) is 5.41 Å². The van der Waals surface area contributed by atoms with Gasteiger partial charge in [0, 0.05) is 11.6 Å². The number of halogens is 2. The van der Waals surface area contributed by atoms with Gasteiger partial charge < -0.3 is 4.52 Å². The summed E-state index contributed by atoms with van der Waals surface area (Å²) < 4.78 is 34.5. The highest BCUT2D eigenvalue weighted by atomic mass is 19.1. The van der Waals surface area contributed by atoms with E-state index in [1.807, 2.05) is 20.8 Å². The number of nitrogens with zero attached hydrogens (tertiary/aromatic N) is 6. The molecular weight excluding hydrogens is 462 g/mol. The maximum Gasteiger partial charge on any atom is 0.232 e. The first-order valence-electron chi connectivity index (χ1n) is 12.0. The van der Waals surface area contributed by atoms with E-state index < -0.39 is 17.0 Å². The lowest BCUT2D eigenvalue weighted by atomic mass is 9.66. The van der Waals surface area contributed by atoms with Crippen LogP contribution in [0, 0.1) is 17.0 Å². The van der Waals surface area contributed by atoms with Gasteiger partial charge in [-0.1, -0.05) is 45.8 Å². The highest BCUT2D eigenvalue weighted by Crippen LogP contribution is 2.69. The maximum absolute atomic E-state index is 14.5. The van der Waals surface area contributed by atoms with Crippen molar-refractivity contribution in [3.63, 3.8) is 0 Å². The third-order valence-electron chi connectivity index (χ3n) is 7.97. The van der Waals surface area contributed by atoms with Gasteiger partial charge in [-0.3, -0.25) is 4.98 Å². The summed E-state index contributed by atoms with van der Waals surface area (Å²) in [6, 6.07) is 5.60. The molecule has 9 heteroatoms. The quantitative estimate of drug-likeness (QED) is 0.362. The van der Waals surface area contributed by atoms with Crippen molar-refractivity contribution < 1.29 is 13.3 Å². The van der Waals surface area contributed by atoms with Crippen LogP contribution < -0.4 is 0 Å². The van der Waals surface area contributed by atoms with E-state index >= 15 is 0 Å². The Balaban J connectivity index is 1.48. The molecule has 0 saturated heterocycles. The van der Waals surface area contributed by atoms with Crippen molar-refractivity contribution in [3.05, 3.63) is 71.1 Å². The molecule has 36 heavy (non-hydrogen) atoms. The number of hydrogen-bond acceptors (Lipinski definition) is 7. The highest BCUT2D eigenvalue weighted by molar-refractivity contribution is 5.64. The van der Waals surface area contributed by atoms with Crippen LogP contribution in [0.3, 0.4) is 0 Å². The second kappa shape index (κ2) is 7.44. The van der Waals surface area contributed by atoms with Crippen molar-refractivity contribution in [2.45, 2.75) is 64.2 Å². The van der Waals surface area contributed by atoms with Crippen LogP contribution in [-0.4, -0.2) is 30.3 Å². The van der Waals surface area contributed by atoms with E-state index in [1.165, 1.54) is 18.2 Å². The van der Waals surface area contributed by atoms with E-state index in [0.717, 1.165) is 29.8 Å². The minimum atomic E-state index is -0.658. The largest absolute Gasteiger partial charge is 0.338 e. The van der Waals surface area contributed by atoms with Gasteiger partial charge in [0.15, 0.2) is 0 Å².